The number of nitrogens with zero attached hydrogens (tertiary/aromatic N) is 2. The molecule has 8 heteroatoms. The summed E-state index contributed by atoms with van der Waals surface area (Å²) < 4.78 is 10.7. The van der Waals surface area contributed by atoms with Crippen molar-refractivity contribution < 1.29 is 9.47 Å². The van der Waals surface area contributed by atoms with Gasteiger partial charge in [-0.15, -0.1) is 24.0 Å². The Morgan fingerprint density at radius 2 is 2.12 bits per heavy atom. The van der Waals surface area contributed by atoms with E-state index in [0.717, 1.165) is 43.8 Å². The van der Waals surface area contributed by atoms with Crippen molar-refractivity contribution in [2.75, 3.05) is 53.6 Å². The number of guanidine groups is 1. The fourth-order valence-electron chi connectivity index (χ4n) is 2.97. The van der Waals surface area contributed by atoms with Gasteiger partial charge in [-0.05, 0) is 24.6 Å². The molecule has 2 atom stereocenters. The monoisotopic (exact) mass is 496 g/mol. The van der Waals surface area contributed by atoms with Crippen molar-refractivity contribution in [2.45, 2.75) is 19.0 Å². The van der Waals surface area contributed by atoms with Crippen LogP contribution in [0.5, 0.6) is 0 Å². The van der Waals surface area contributed by atoms with Crippen LogP contribution >= 0.6 is 35.6 Å². The normalized spacial score (nSPS) is 17.9. The summed E-state index contributed by atoms with van der Waals surface area (Å²) >= 11 is 6.21. The minimum absolute atomic E-state index is 0. The van der Waals surface area contributed by atoms with Crippen LogP contribution in [0.3, 0.4) is 0 Å². The van der Waals surface area contributed by atoms with E-state index in [1.54, 1.807) is 14.2 Å². The predicted molar refractivity (Wildman–Crippen MR) is 118 cm³/mol. The van der Waals surface area contributed by atoms with E-state index in [1.165, 1.54) is 5.56 Å². The summed E-state index contributed by atoms with van der Waals surface area (Å²) in [6, 6.07) is 8.45. The molecule has 2 rings (SSSR count). The van der Waals surface area contributed by atoms with Crippen LogP contribution in [0.25, 0.3) is 0 Å². The van der Waals surface area contributed by atoms with E-state index in [2.05, 4.69) is 33.5 Å². The molecule has 26 heavy (non-hydrogen) atoms. The summed E-state index contributed by atoms with van der Waals surface area (Å²) in [4.78, 5) is 6.73. The number of aliphatic imine (C=N–C) groups is 1. The van der Waals surface area contributed by atoms with Crippen molar-refractivity contribution in [1.29, 1.82) is 0 Å². The first-order valence-corrected chi connectivity index (χ1v) is 9.05. The summed E-state index contributed by atoms with van der Waals surface area (Å²) in [6.45, 7) is 6.76. The average Bonchev–Trinajstić information content (AvgIpc) is 2.62. The molecule has 1 aromatic carbocycles. The minimum Gasteiger partial charge on any atom is -0.383 e. The van der Waals surface area contributed by atoms with Gasteiger partial charge in [-0.3, -0.25) is 9.89 Å². The molecule has 0 saturated carbocycles. The maximum Gasteiger partial charge on any atom is 0.191 e. The van der Waals surface area contributed by atoms with E-state index in [9.17, 15) is 0 Å². The van der Waals surface area contributed by atoms with E-state index in [-0.39, 0.29) is 36.1 Å². The van der Waals surface area contributed by atoms with Crippen molar-refractivity contribution in [3.8, 4) is 0 Å². The van der Waals surface area contributed by atoms with Gasteiger partial charge in [0.05, 0.1) is 25.9 Å². The highest BCUT2D eigenvalue weighted by Crippen LogP contribution is 2.23. The van der Waals surface area contributed by atoms with Gasteiger partial charge < -0.3 is 20.1 Å². The zero-order chi connectivity index (χ0) is 18.1. The number of nitrogens with one attached hydrogen (secondary N) is 2. The van der Waals surface area contributed by atoms with Gasteiger partial charge in [-0.2, -0.15) is 0 Å². The Labute approximate surface area is 178 Å². The van der Waals surface area contributed by atoms with E-state index in [4.69, 9.17) is 21.1 Å². The number of benzene rings is 1. The van der Waals surface area contributed by atoms with Gasteiger partial charge in [-0.25, -0.2) is 0 Å². The number of halogens is 2. The summed E-state index contributed by atoms with van der Waals surface area (Å²) in [5.41, 5.74) is 1.20. The van der Waals surface area contributed by atoms with E-state index in [0.29, 0.717) is 6.61 Å². The molecule has 0 radical (unpaired) electrons. The summed E-state index contributed by atoms with van der Waals surface area (Å²) in [6.07, 6.45) is 0. The standard InChI is InChI=1S/C18H29ClN4O2.HI/c1-14(13-24-3)22-18(20-2)21-12-17(23-7-9-25-10-8-23)15-5-4-6-16(19)11-15;/h4-6,11,14,17H,7-10,12-13H2,1-3H3,(H2,20,21,22);1H. The summed E-state index contributed by atoms with van der Waals surface area (Å²) in [5, 5.41) is 7.52. The molecule has 1 aliphatic heterocycles. The lowest BCUT2D eigenvalue weighted by molar-refractivity contribution is 0.0170. The zero-order valence-corrected chi connectivity index (χ0v) is 18.8. The number of ether oxygens (including phenoxy) is 2. The molecule has 0 amide bonds. The number of morpholine rings is 1. The predicted octanol–water partition coefficient (Wildman–Crippen LogP) is 2.53. The third kappa shape index (κ3) is 7.56. The lowest BCUT2D eigenvalue weighted by Gasteiger charge is -2.35. The first-order valence-electron chi connectivity index (χ1n) is 8.67. The summed E-state index contributed by atoms with van der Waals surface area (Å²) in [5.74, 6) is 0.768. The van der Waals surface area contributed by atoms with Crippen LogP contribution in [-0.2, 0) is 9.47 Å². The molecule has 0 aromatic heterocycles. The van der Waals surface area contributed by atoms with E-state index in [1.807, 2.05) is 18.2 Å². The van der Waals surface area contributed by atoms with Gasteiger partial charge in [0, 0.05) is 44.9 Å². The first kappa shape index (κ1) is 23.4. The molecular formula is C18H30ClIN4O2. The topological polar surface area (TPSA) is 58.1 Å². The number of rotatable bonds is 7. The Bertz CT molecular complexity index is 556. The number of methoxy groups -OCH3 is 1. The van der Waals surface area contributed by atoms with Crippen molar-refractivity contribution >= 4 is 41.5 Å². The van der Waals surface area contributed by atoms with Crippen LogP contribution in [0.4, 0.5) is 0 Å². The lowest BCUT2D eigenvalue weighted by Crippen LogP contribution is -2.48. The van der Waals surface area contributed by atoms with Crippen LogP contribution in [0.15, 0.2) is 29.3 Å². The van der Waals surface area contributed by atoms with Gasteiger partial charge in [0.2, 0.25) is 0 Å². The molecular weight excluding hydrogens is 467 g/mol. The molecule has 1 saturated heterocycles. The molecule has 148 valence electrons. The van der Waals surface area contributed by atoms with Gasteiger partial charge >= 0.3 is 0 Å². The molecule has 1 aliphatic rings. The largest absolute Gasteiger partial charge is 0.383 e. The van der Waals surface area contributed by atoms with Gasteiger partial charge in [-0.1, -0.05) is 23.7 Å². The SMILES string of the molecule is CN=C(NCC(c1cccc(Cl)c1)N1CCOCC1)NC(C)COC.I. The smallest absolute Gasteiger partial charge is 0.191 e. The van der Waals surface area contributed by atoms with Crippen LogP contribution in [-0.4, -0.2) is 70.5 Å². The first-order chi connectivity index (χ1) is 12.1. The molecule has 1 aromatic rings. The lowest BCUT2D eigenvalue weighted by atomic mass is 10.0. The number of hydrogen-bond donors (Lipinski definition) is 2. The Morgan fingerprint density at radius 3 is 2.73 bits per heavy atom. The second kappa shape index (κ2) is 12.7. The fraction of sp³-hybridized carbons (Fsp3) is 0.611. The van der Waals surface area contributed by atoms with Crippen molar-refractivity contribution in [3.63, 3.8) is 0 Å². The fourth-order valence-corrected chi connectivity index (χ4v) is 3.17. The van der Waals surface area contributed by atoms with E-state index >= 15 is 0 Å². The van der Waals surface area contributed by atoms with Crippen molar-refractivity contribution in [2.24, 2.45) is 4.99 Å². The maximum atomic E-state index is 6.21. The molecule has 2 N–H and O–H groups in total. The highest BCUT2D eigenvalue weighted by atomic mass is 127. The minimum atomic E-state index is 0. The van der Waals surface area contributed by atoms with Crippen molar-refractivity contribution in [3.05, 3.63) is 34.9 Å². The zero-order valence-electron chi connectivity index (χ0n) is 15.7. The quantitative estimate of drug-likeness (QED) is 0.345. The molecule has 6 nitrogen and oxygen atoms in total. The van der Waals surface area contributed by atoms with Gasteiger partial charge in [0.1, 0.15) is 0 Å². The molecule has 1 fully saturated rings. The molecule has 0 spiro atoms. The molecule has 1 heterocycles. The van der Waals surface area contributed by atoms with E-state index < -0.39 is 0 Å². The Morgan fingerprint density at radius 1 is 1.38 bits per heavy atom. The molecule has 0 aliphatic carbocycles. The Hall–Kier alpha value is -0.610. The Balaban J connectivity index is 0.00000338. The van der Waals surface area contributed by atoms with Crippen LogP contribution in [0.1, 0.15) is 18.5 Å². The third-order valence-electron chi connectivity index (χ3n) is 4.21. The van der Waals surface area contributed by atoms with Crippen LogP contribution in [0.2, 0.25) is 5.02 Å². The molecule has 0 bridgehead atoms. The second-order valence-corrected chi connectivity index (χ2v) is 6.61. The van der Waals surface area contributed by atoms with Crippen molar-refractivity contribution in [1.82, 2.24) is 15.5 Å². The van der Waals surface area contributed by atoms with Gasteiger partial charge in [0.25, 0.3) is 0 Å². The van der Waals surface area contributed by atoms with Gasteiger partial charge in [0.15, 0.2) is 5.96 Å². The maximum absolute atomic E-state index is 6.21. The summed E-state index contributed by atoms with van der Waals surface area (Å²) in [7, 11) is 3.47. The third-order valence-corrected chi connectivity index (χ3v) is 4.44. The van der Waals surface area contributed by atoms with Crippen LogP contribution < -0.4 is 10.6 Å². The number of hydrogen-bond acceptors (Lipinski definition) is 4. The average molecular weight is 497 g/mol. The van der Waals surface area contributed by atoms with Crippen LogP contribution in [0, 0.1) is 0 Å². The Kier molecular flexibility index (Phi) is 11.5. The highest BCUT2D eigenvalue weighted by Gasteiger charge is 2.23. The molecule has 2 unspecified atom stereocenters. The second-order valence-electron chi connectivity index (χ2n) is 6.17. The highest BCUT2D eigenvalue weighted by molar-refractivity contribution is 14.0.